The van der Waals surface area contributed by atoms with Crippen LogP contribution in [0, 0.1) is 11.8 Å². The summed E-state index contributed by atoms with van der Waals surface area (Å²) in [7, 11) is 5.59. The van der Waals surface area contributed by atoms with Crippen molar-refractivity contribution in [3.8, 4) is 0 Å². The summed E-state index contributed by atoms with van der Waals surface area (Å²) >= 11 is 0. The second-order valence-electron chi connectivity index (χ2n) is 10.6. The van der Waals surface area contributed by atoms with E-state index < -0.39 is 48.5 Å². The molecular formula is C29H45NO7. The molecule has 0 heterocycles. The van der Waals surface area contributed by atoms with E-state index in [0.717, 1.165) is 19.3 Å². The fourth-order valence-corrected chi connectivity index (χ4v) is 4.33. The van der Waals surface area contributed by atoms with Crippen LogP contribution in [0.4, 0.5) is 0 Å². The molecule has 5 unspecified atom stereocenters. The first kappa shape index (κ1) is 32.5. The molecule has 0 saturated heterocycles. The third-order valence-corrected chi connectivity index (χ3v) is 6.06. The number of quaternary nitrogens is 1. The first-order valence-corrected chi connectivity index (χ1v) is 13.1. The Kier molecular flexibility index (Phi) is 15.0. The topological polar surface area (TPSA) is 124 Å². The van der Waals surface area contributed by atoms with Crippen LogP contribution in [0.3, 0.4) is 0 Å². The molecule has 1 aliphatic carbocycles. The predicted molar refractivity (Wildman–Crippen MR) is 141 cm³/mol. The Hall–Kier alpha value is -2.55. The van der Waals surface area contributed by atoms with Crippen molar-refractivity contribution in [2.75, 3.05) is 27.7 Å². The van der Waals surface area contributed by atoms with Crippen molar-refractivity contribution < 1.29 is 38.9 Å². The summed E-state index contributed by atoms with van der Waals surface area (Å²) < 4.78 is 5.79. The van der Waals surface area contributed by atoms with Crippen molar-refractivity contribution in [1.29, 1.82) is 0 Å². The third-order valence-electron chi connectivity index (χ3n) is 6.06. The van der Waals surface area contributed by atoms with Crippen LogP contribution in [0.25, 0.3) is 0 Å². The number of rotatable bonds is 17. The predicted octanol–water partition coefficient (Wildman–Crippen LogP) is 2.26. The minimum absolute atomic E-state index is 0.000683. The first-order valence-electron chi connectivity index (χ1n) is 13.1. The van der Waals surface area contributed by atoms with Gasteiger partial charge in [0.15, 0.2) is 6.10 Å². The first-order chi connectivity index (χ1) is 17.4. The molecule has 5 atom stereocenters. The Morgan fingerprint density at radius 3 is 2.32 bits per heavy atom. The number of aliphatic hydroxyl groups excluding tert-OH is 2. The molecule has 1 fully saturated rings. The number of nitrogens with zero attached hydrogens (tertiary/aromatic N) is 1. The van der Waals surface area contributed by atoms with E-state index in [1.54, 1.807) is 12.2 Å². The van der Waals surface area contributed by atoms with Gasteiger partial charge in [-0.2, -0.15) is 0 Å². The van der Waals surface area contributed by atoms with Gasteiger partial charge in [0.25, 0.3) is 0 Å². The largest absolute Gasteiger partial charge is 0.550 e. The van der Waals surface area contributed by atoms with E-state index in [4.69, 9.17) is 4.74 Å². The molecule has 2 N–H and O–H groups in total. The number of carbonyl (C=O) groups is 3. The summed E-state index contributed by atoms with van der Waals surface area (Å²) in [6, 6.07) is 0. The summed E-state index contributed by atoms with van der Waals surface area (Å²) in [6.45, 7) is 2.41. The van der Waals surface area contributed by atoms with Gasteiger partial charge in [-0.25, -0.2) is 0 Å². The Balaban J connectivity index is 2.58. The second-order valence-corrected chi connectivity index (χ2v) is 10.6. The normalized spacial score (nSPS) is 22.5. The lowest BCUT2D eigenvalue weighted by Gasteiger charge is -2.29. The van der Waals surface area contributed by atoms with Crippen LogP contribution in [-0.2, 0) is 19.1 Å². The van der Waals surface area contributed by atoms with E-state index in [0.29, 0.717) is 17.4 Å². The molecule has 0 amide bonds. The van der Waals surface area contributed by atoms with Crippen LogP contribution in [0.1, 0.15) is 58.3 Å². The fourth-order valence-electron chi connectivity index (χ4n) is 4.33. The Morgan fingerprint density at radius 1 is 1.11 bits per heavy atom. The van der Waals surface area contributed by atoms with Gasteiger partial charge in [-0.15, -0.1) is 0 Å². The van der Waals surface area contributed by atoms with E-state index in [-0.39, 0.29) is 25.0 Å². The lowest BCUT2D eigenvalue weighted by atomic mass is 9.89. The number of hydrogen-bond acceptors (Lipinski definition) is 7. The number of Topliss-reactive ketones (excluding diaryl/α,β-unsaturated/α-hetero) is 1. The van der Waals surface area contributed by atoms with Gasteiger partial charge in [0, 0.05) is 31.1 Å². The number of esters is 1. The maximum atomic E-state index is 12.4. The third kappa shape index (κ3) is 14.7. The monoisotopic (exact) mass is 519 g/mol. The van der Waals surface area contributed by atoms with Gasteiger partial charge in [-0.1, -0.05) is 55.5 Å². The van der Waals surface area contributed by atoms with Gasteiger partial charge >= 0.3 is 5.97 Å². The quantitative estimate of drug-likeness (QED) is 0.172. The van der Waals surface area contributed by atoms with E-state index >= 15 is 0 Å². The minimum atomic E-state index is -1.29. The molecule has 0 radical (unpaired) electrons. The Bertz CT molecular complexity index is 838. The molecule has 8 nitrogen and oxygen atoms in total. The van der Waals surface area contributed by atoms with Crippen molar-refractivity contribution in [1.82, 2.24) is 0 Å². The zero-order valence-corrected chi connectivity index (χ0v) is 22.8. The summed E-state index contributed by atoms with van der Waals surface area (Å²) in [6.07, 6.45) is 15.9. The number of carbonyl (C=O) groups excluding carboxylic acids is 3. The van der Waals surface area contributed by atoms with Crippen LogP contribution in [-0.4, -0.2) is 78.4 Å². The van der Waals surface area contributed by atoms with Gasteiger partial charge < -0.3 is 29.3 Å². The zero-order valence-electron chi connectivity index (χ0n) is 22.8. The van der Waals surface area contributed by atoms with Gasteiger partial charge in [-0.3, -0.25) is 9.59 Å². The number of aliphatic hydroxyl groups is 2. The van der Waals surface area contributed by atoms with Crippen LogP contribution >= 0.6 is 0 Å². The van der Waals surface area contributed by atoms with E-state index in [1.807, 2.05) is 33.3 Å². The van der Waals surface area contributed by atoms with Crippen molar-refractivity contribution in [3.63, 3.8) is 0 Å². The molecule has 8 heteroatoms. The highest BCUT2D eigenvalue weighted by atomic mass is 16.5. The molecule has 1 aliphatic rings. The van der Waals surface area contributed by atoms with E-state index in [2.05, 4.69) is 31.2 Å². The average molecular weight is 520 g/mol. The van der Waals surface area contributed by atoms with Crippen LogP contribution < -0.4 is 5.11 Å². The maximum absolute atomic E-state index is 12.4. The number of carboxylic acids is 1. The second kappa shape index (κ2) is 17.1. The molecule has 1 saturated carbocycles. The number of ketones is 1. The number of aliphatic carboxylic acids is 1. The van der Waals surface area contributed by atoms with Gasteiger partial charge in [-0.05, 0) is 38.0 Å². The summed E-state index contributed by atoms with van der Waals surface area (Å²) in [4.78, 5) is 35.9. The summed E-state index contributed by atoms with van der Waals surface area (Å²) in [5.74, 6) is -3.06. The molecule has 0 aromatic rings. The van der Waals surface area contributed by atoms with Crippen molar-refractivity contribution in [2.24, 2.45) is 11.8 Å². The zero-order chi connectivity index (χ0) is 27.8. The molecule has 0 aliphatic heterocycles. The highest BCUT2D eigenvalue weighted by Crippen LogP contribution is 2.34. The minimum Gasteiger partial charge on any atom is -0.550 e. The lowest BCUT2D eigenvalue weighted by Crippen LogP contribution is -2.45. The molecule has 208 valence electrons. The maximum Gasteiger partial charge on any atom is 0.306 e. The number of allylic oxidation sites excluding steroid dienone is 6. The number of carboxylic acid groups (broad SMARTS) is 1. The number of ether oxygens (including phenoxy) is 1. The van der Waals surface area contributed by atoms with Crippen molar-refractivity contribution >= 4 is 17.7 Å². The lowest BCUT2D eigenvalue weighted by molar-refractivity contribution is -0.873. The standard InChI is InChI=1S/C29H45NO7/c1-5-6-7-8-9-10-11-12-13-14-22(31)15-16-24-25(27(33)20-26(24)32)17-18-29(36)37-23(19-28(34)35)21-30(2,3)4/h6-7,9-10,12-13,15-16,22-25,27,31,33H,5,8,11,14,17-21H2,1-4H3/b7-6+,10-9+,13-12+,16-15+. The summed E-state index contributed by atoms with van der Waals surface area (Å²) in [5, 5.41) is 31.7. The summed E-state index contributed by atoms with van der Waals surface area (Å²) in [5.41, 5.74) is 0. The molecule has 37 heavy (non-hydrogen) atoms. The SMILES string of the molecule is CC/C=C/C/C=C/C/C=C/CC(O)/C=C/C1C(=O)CC(O)C1CCC(=O)OC(CC(=O)[O-])C[N+](C)(C)C. The molecule has 0 aromatic heterocycles. The van der Waals surface area contributed by atoms with Crippen LogP contribution in [0.2, 0.25) is 0 Å². The smallest absolute Gasteiger partial charge is 0.306 e. The number of likely N-dealkylation sites (N-methyl/N-ethyl adjacent to an activating group) is 1. The van der Waals surface area contributed by atoms with E-state index in [1.165, 1.54) is 0 Å². The average Bonchev–Trinajstić information content (AvgIpc) is 3.05. The molecule has 0 bridgehead atoms. The molecule has 0 spiro atoms. The van der Waals surface area contributed by atoms with Crippen LogP contribution in [0.5, 0.6) is 0 Å². The van der Waals surface area contributed by atoms with Gasteiger partial charge in [0.1, 0.15) is 12.3 Å². The van der Waals surface area contributed by atoms with Crippen molar-refractivity contribution in [3.05, 3.63) is 48.6 Å². The fraction of sp³-hybridized carbons (Fsp3) is 0.621. The highest BCUT2D eigenvalue weighted by Gasteiger charge is 2.40. The van der Waals surface area contributed by atoms with Gasteiger partial charge in [0.05, 0.1) is 33.4 Å². The highest BCUT2D eigenvalue weighted by molar-refractivity contribution is 5.86. The van der Waals surface area contributed by atoms with Gasteiger partial charge in [0.2, 0.25) is 0 Å². The number of hydrogen-bond donors (Lipinski definition) is 2. The van der Waals surface area contributed by atoms with E-state index in [9.17, 15) is 29.7 Å². The Morgan fingerprint density at radius 2 is 1.73 bits per heavy atom. The Labute approximate surface area is 221 Å². The van der Waals surface area contributed by atoms with Crippen molar-refractivity contribution in [2.45, 2.75) is 76.6 Å². The molecule has 1 rings (SSSR count). The van der Waals surface area contributed by atoms with Crippen LogP contribution in [0.15, 0.2) is 48.6 Å². The molecule has 0 aromatic carbocycles. The molecular weight excluding hydrogens is 474 g/mol.